The van der Waals surface area contributed by atoms with E-state index in [1.54, 1.807) is 19.1 Å². The van der Waals surface area contributed by atoms with Crippen molar-refractivity contribution in [3.8, 4) is 0 Å². The van der Waals surface area contributed by atoms with Gasteiger partial charge in [-0.1, -0.05) is 19.1 Å². The Bertz CT molecular complexity index is 552. The number of carbonyl (C=O) groups is 3. The molecule has 0 saturated carbocycles. The van der Waals surface area contributed by atoms with Crippen LogP contribution in [0.2, 0.25) is 0 Å². The van der Waals surface area contributed by atoms with Crippen LogP contribution in [0.15, 0.2) is 29.4 Å². The third-order valence-corrected chi connectivity index (χ3v) is 2.73. The number of hydrogen-bond donors (Lipinski definition) is 3. The highest BCUT2D eigenvalue weighted by Gasteiger charge is 2.14. The summed E-state index contributed by atoms with van der Waals surface area (Å²) in [5.74, 6) is -2.62. The van der Waals surface area contributed by atoms with E-state index in [-0.39, 0.29) is 11.6 Å². The molecule has 0 aliphatic rings. The summed E-state index contributed by atoms with van der Waals surface area (Å²) in [6.45, 7) is 3.68. The number of carboxylic acids is 1. The third kappa shape index (κ3) is 5.43. The molecule has 1 rings (SSSR count). The van der Waals surface area contributed by atoms with Gasteiger partial charge in [0.05, 0.1) is 11.8 Å². The second-order valence-electron chi connectivity index (χ2n) is 4.41. The third-order valence-electron chi connectivity index (χ3n) is 2.73. The van der Waals surface area contributed by atoms with Crippen molar-refractivity contribution in [2.75, 3.05) is 0 Å². The summed E-state index contributed by atoms with van der Waals surface area (Å²) in [5.41, 5.74) is 2.86. The minimum Gasteiger partial charge on any atom is -0.478 e. The molecule has 21 heavy (non-hydrogen) atoms. The highest BCUT2D eigenvalue weighted by Crippen LogP contribution is 2.02. The maximum absolute atomic E-state index is 11.4. The second kappa shape index (κ2) is 7.78. The first-order valence-electron chi connectivity index (χ1n) is 6.41. The zero-order chi connectivity index (χ0) is 15.8. The van der Waals surface area contributed by atoms with Gasteiger partial charge in [-0.2, -0.15) is 5.10 Å². The number of carbonyl (C=O) groups excluding carboxylic acids is 2. The van der Waals surface area contributed by atoms with E-state index < -0.39 is 17.8 Å². The largest absolute Gasteiger partial charge is 0.478 e. The van der Waals surface area contributed by atoms with Gasteiger partial charge >= 0.3 is 17.8 Å². The summed E-state index contributed by atoms with van der Waals surface area (Å²) in [4.78, 5) is 33.5. The van der Waals surface area contributed by atoms with Gasteiger partial charge in [0.2, 0.25) is 0 Å². The van der Waals surface area contributed by atoms with Gasteiger partial charge in [-0.15, -0.1) is 0 Å². The van der Waals surface area contributed by atoms with Crippen molar-refractivity contribution in [1.82, 2.24) is 10.7 Å². The van der Waals surface area contributed by atoms with Crippen molar-refractivity contribution < 1.29 is 19.5 Å². The van der Waals surface area contributed by atoms with E-state index in [4.69, 9.17) is 5.11 Å². The van der Waals surface area contributed by atoms with Crippen molar-refractivity contribution >= 4 is 24.0 Å². The first-order chi connectivity index (χ1) is 9.93. The Balaban J connectivity index is 2.52. The first-order valence-corrected chi connectivity index (χ1v) is 6.41. The second-order valence-corrected chi connectivity index (χ2v) is 4.41. The lowest BCUT2D eigenvalue weighted by molar-refractivity contribution is -0.139. The van der Waals surface area contributed by atoms with E-state index in [1.165, 1.54) is 18.3 Å². The van der Waals surface area contributed by atoms with Crippen molar-refractivity contribution in [2.24, 2.45) is 5.10 Å². The molecule has 0 bridgehead atoms. The van der Waals surface area contributed by atoms with Gasteiger partial charge in [-0.05, 0) is 31.0 Å². The number of hydrazone groups is 1. The van der Waals surface area contributed by atoms with Gasteiger partial charge in [-0.3, -0.25) is 9.59 Å². The molecule has 7 nitrogen and oxygen atoms in total. The average molecular weight is 291 g/mol. The monoisotopic (exact) mass is 291 g/mol. The van der Waals surface area contributed by atoms with E-state index >= 15 is 0 Å². The number of amides is 2. The van der Waals surface area contributed by atoms with Crippen LogP contribution in [0.25, 0.3) is 0 Å². The normalized spacial score (nSPS) is 11.9. The summed E-state index contributed by atoms with van der Waals surface area (Å²) in [6.07, 6.45) is 2.04. The zero-order valence-electron chi connectivity index (χ0n) is 11.8. The molecule has 1 atom stereocenters. The molecule has 0 heterocycles. The molecular formula is C14H17N3O4. The summed E-state index contributed by atoms with van der Waals surface area (Å²) in [5, 5.41) is 14.9. The first kappa shape index (κ1) is 16.4. The van der Waals surface area contributed by atoms with Crippen LogP contribution >= 0.6 is 0 Å². The Labute approximate surface area is 122 Å². The molecule has 0 unspecified atom stereocenters. The molecule has 112 valence electrons. The molecule has 7 heteroatoms. The molecule has 0 aliphatic heterocycles. The zero-order valence-corrected chi connectivity index (χ0v) is 11.8. The Morgan fingerprint density at radius 3 is 2.38 bits per heavy atom. The minimum absolute atomic E-state index is 0.0872. The van der Waals surface area contributed by atoms with Crippen molar-refractivity contribution in [3.05, 3.63) is 35.4 Å². The molecule has 1 aromatic carbocycles. The van der Waals surface area contributed by atoms with Crippen LogP contribution < -0.4 is 10.7 Å². The van der Waals surface area contributed by atoms with Gasteiger partial charge in [0.15, 0.2) is 0 Å². The number of rotatable bonds is 5. The summed E-state index contributed by atoms with van der Waals surface area (Å²) in [6, 6.07) is 5.83. The van der Waals surface area contributed by atoms with Crippen LogP contribution in [0.4, 0.5) is 0 Å². The predicted molar refractivity (Wildman–Crippen MR) is 77.0 cm³/mol. The van der Waals surface area contributed by atoms with Crippen molar-refractivity contribution in [2.45, 2.75) is 26.3 Å². The van der Waals surface area contributed by atoms with E-state index in [0.29, 0.717) is 5.56 Å². The van der Waals surface area contributed by atoms with Crippen LogP contribution in [0, 0.1) is 0 Å². The quantitative estimate of drug-likeness (QED) is 0.422. The lowest BCUT2D eigenvalue weighted by Gasteiger charge is -2.09. The van der Waals surface area contributed by atoms with E-state index in [9.17, 15) is 14.4 Å². The Morgan fingerprint density at radius 2 is 1.86 bits per heavy atom. The predicted octanol–water partition coefficient (Wildman–Crippen LogP) is 0.750. The number of hydrogen-bond acceptors (Lipinski definition) is 4. The van der Waals surface area contributed by atoms with E-state index in [1.807, 2.05) is 6.92 Å². The van der Waals surface area contributed by atoms with Gasteiger partial charge in [0.1, 0.15) is 0 Å². The maximum atomic E-state index is 11.4. The van der Waals surface area contributed by atoms with Crippen LogP contribution in [-0.2, 0) is 9.59 Å². The lowest BCUT2D eigenvalue weighted by Crippen LogP contribution is -2.41. The van der Waals surface area contributed by atoms with E-state index in [2.05, 4.69) is 15.8 Å². The topological polar surface area (TPSA) is 108 Å². The smallest absolute Gasteiger partial charge is 0.335 e. The van der Waals surface area contributed by atoms with Crippen LogP contribution in [0.5, 0.6) is 0 Å². The van der Waals surface area contributed by atoms with Gasteiger partial charge < -0.3 is 10.4 Å². The summed E-state index contributed by atoms with van der Waals surface area (Å²) >= 11 is 0. The van der Waals surface area contributed by atoms with Crippen LogP contribution in [0.1, 0.15) is 36.2 Å². The van der Waals surface area contributed by atoms with Crippen molar-refractivity contribution in [3.63, 3.8) is 0 Å². The highest BCUT2D eigenvalue weighted by molar-refractivity contribution is 6.35. The number of benzene rings is 1. The molecule has 1 aromatic rings. The fourth-order valence-corrected chi connectivity index (χ4v) is 1.32. The SMILES string of the molecule is CC[C@@H](C)NC(=O)C(=O)N/N=C\c1ccc(C(=O)O)cc1. The number of nitrogens with one attached hydrogen (secondary N) is 2. The van der Waals surface area contributed by atoms with Gasteiger partial charge in [0.25, 0.3) is 0 Å². The highest BCUT2D eigenvalue weighted by atomic mass is 16.4. The molecule has 0 aromatic heterocycles. The molecule has 0 saturated heterocycles. The standard InChI is InChI=1S/C14H17N3O4/c1-3-9(2)16-12(18)13(19)17-15-8-10-4-6-11(7-5-10)14(20)21/h4-9H,3H2,1-2H3,(H,16,18)(H,17,19)(H,20,21)/b15-8-/t9-/m1/s1. The molecule has 2 amide bonds. The molecule has 0 aliphatic carbocycles. The number of carboxylic acid groups (broad SMARTS) is 1. The Hall–Kier alpha value is -2.70. The molecule has 0 radical (unpaired) electrons. The van der Waals surface area contributed by atoms with E-state index in [0.717, 1.165) is 6.42 Å². The summed E-state index contributed by atoms with van der Waals surface area (Å²) < 4.78 is 0. The molecule has 0 spiro atoms. The lowest BCUT2D eigenvalue weighted by atomic mass is 10.1. The molecular weight excluding hydrogens is 274 g/mol. The Kier molecular flexibility index (Phi) is 6.06. The number of nitrogens with zero attached hydrogens (tertiary/aromatic N) is 1. The summed E-state index contributed by atoms with van der Waals surface area (Å²) in [7, 11) is 0. The molecule has 3 N–H and O–H groups in total. The fraction of sp³-hybridized carbons (Fsp3) is 0.286. The maximum Gasteiger partial charge on any atom is 0.335 e. The fourth-order valence-electron chi connectivity index (χ4n) is 1.32. The average Bonchev–Trinajstić information content (AvgIpc) is 2.47. The minimum atomic E-state index is -1.02. The Morgan fingerprint density at radius 1 is 1.24 bits per heavy atom. The van der Waals surface area contributed by atoms with Crippen LogP contribution in [0.3, 0.4) is 0 Å². The number of aromatic carboxylic acids is 1. The van der Waals surface area contributed by atoms with Gasteiger partial charge in [-0.25, -0.2) is 10.2 Å². The van der Waals surface area contributed by atoms with Crippen molar-refractivity contribution in [1.29, 1.82) is 0 Å². The van der Waals surface area contributed by atoms with Gasteiger partial charge in [0, 0.05) is 6.04 Å². The molecule has 0 fully saturated rings. The van der Waals surface area contributed by atoms with Crippen LogP contribution in [-0.4, -0.2) is 35.1 Å².